The molecule has 0 spiro atoms. The minimum atomic E-state index is -0.572. The number of fused-ring (bicyclic) bond motifs is 1. The van der Waals surface area contributed by atoms with Crippen molar-refractivity contribution >= 4 is 28.3 Å². The van der Waals surface area contributed by atoms with Gasteiger partial charge in [-0.15, -0.1) is 5.10 Å². The van der Waals surface area contributed by atoms with Crippen molar-refractivity contribution in [1.82, 2.24) is 19.6 Å². The molecule has 0 aliphatic heterocycles. The maximum atomic E-state index is 12.7. The molecule has 0 atom stereocenters. The van der Waals surface area contributed by atoms with Gasteiger partial charge in [-0.1, -0.05) is 29.5 Å². The number of hydrogen-bond donors (Lipinski definition) is 1. The van der Waals surface area contributed by atoms with Crippen LogP contribution in [0.3, 0.4) is 0 Å². The van der Waals surface area contributed by atoms with Crippen molar-refractivity contribution in [3.8, 4) is 17.1 Å². The topological polar surface area (TPSA) is 112 Å². The maximum absolute atomic E-state index is 12.7. The third-order valence-corrected chi connectivity index (χ3v) is 4.66. The molecule has 0 radical (unpaired) electrons. The van der Waals surface area contributed by atoms with E-state index in [4.69, 9.17) is 10.5 Å². The van der Waals surface area contributed by atoms with Crippen LogP contribution in [0.4, 0.5) is 0 Å². The number of carbonyl (C=O) groups excluding carboxylic acids is 1. The number of ether oxygens (including phenoxy) is 1. The molecular weight excluding hydrogens is 366 g/mol. The number of pyridine rings is 1. The van der Waals surface area contributed by atoms with E-state index in [2.05, 4.69) is 15.1 Å². The van der Waals surface area contributed by atoms with E-state index in [1.54, 1.807) is 48.8 Å². The molecule has 0 saturated carbocycles. The highest BCUT2D eigenvalue weighted by molar-refractivity contribution is 7.15. The summed E-state index contributed by atoms with van der Waals surface area (Å²) in [5, 5.41) is 4.29. The van der Waals surface area contributed by atoms with Crippen LogP contribution in [0.2, 0.25) is 0 Å². The summed E-state index contributed by atoms with van der Waals surface area (Å²) < 4.78 is 7.13. The van der Waals surface area contributed by atoms with Gasteiger partial charge in [-0.05, 0) is 24.3 Å². The summed E-state index contributed by atoms with van der Waals surface area (Å²) in [6.07, 6.45) is 4.97. The monoisotopic (exact) mass is 379 g/mol. The average Bonchev–Trinajstić information content (AvgIpc) is 3.22. The molecular formula is C18H13N5O3S. The van der Waals surface area contributed by atoms with Gasteiger partial charge in [0.15, 0.2) is 12.4 Å². The van der Waals surface area contributed by atoms with Gasteiger partial charge >= 0.3 is 0 Å². The number of nitrogens with two attached hydrogens (primary N) is 1. The first-order valence-electron chi connectivity index (χ1n) is 7.93. The second-order valence-electron chi connectivity index (χ2n) is 5.57. The van der Waals surface area contributed by atoms with Crippen molar-refractivity contribution < 1.29 is 9.53 Å². The number of nitrogens with zero attached hydrogens (tertiary/aromatic N) is 4. The van der Waals surface area contributed by atoms with Crippen molar-refractivity contribution in [2.45, 2.75) is 0 Å². The van der Waals surface area contributed by atoms with Gasteiger partial charge in [0.25, 0.3) is 11.5 Å². The van der Waals surface area contributed by atoms with Gasteiger partial charge in [0.1, 0.15) is 5.75 Å². The Morgan fingerprint density at radius 3 is 2.74 bits per heavy atom. The molecule has 0 saturated heterocycles. The summed E-state index contributed by atoms with van der Waals surface area (Å²) >= 11 is 1.23. The van der Waals surface area contributed by atoms with Gasteiger partial charge in [-0.2, -0.15) is 9.50 Å². The number of hydrogen-bond acceptors (Lipinski definition) is 7. The van der Waals surface area contributed by atoms with Crippen LogP contribution in [0.15, 0.2) is 53.6 Å². The lowest BCUT2D eigenvalue weighted by atomic mass is 10.2. The van der Waals surface area contributed by atoms with Gasteiger partial charge in [-0.3, -0.25) is 14.6 Å². The Bertz CT molecular complexity index is 1230. The molecule has 0 unspecified atom stereocenters. The van der Waals surface area contributed by atoms with E-state index < -0.39 is 5.91 Å². The molecule has 1 aromatic carbocycles. The summed E-state index contributed by atoms with van der Waals surface area (Å²) in [5.74, 6) is 0.362. The van der Waals surface area contributed by atoms with E-state index in [1.807, 2.05) is 6.07 Å². The molecule has 3 aromatic heterocycles. The van der Waals surface area contributed by atoms with Crippen molar-refractivity contribution in [2.24, 2.45) is 5.73 Å². The number of aromatic nitrogens is 4. The molecule has 0 fully saturated rings. The molecule has 0 aliphatic rings. The number of carbonyl (C=O) groups is 1. The van der Waals surface area contributed by atoms with E-state index >= 15 is 0 Å². The minimum absolute atomic E-state index is 0.236. The van der Waals surface area contributed by atoms with Gasteiger partial charge in [0, 0.05) is 23.5 Å². The zero-order valence-electron chi connectivity index (χ0n) is 13.9. The Labute approximate surface area is 156 Å². The van der Waals surface area contributed by atoms with Gasteiger partial charge in [0.2, 0.25) is 4.96 Å². The van der Waals surface area contributed by atoms with E-state index in [1.165, 1.54) is 15.9 Å². The highest BCUT2D eigenvalue weighted by Crippen LogP contribution is 2.19. The van der Waals surface area contributed by atoms with Crippen LogP contribution >= 0.6 is 11.3 Å². The Kier molecular flexibility index (Phi) is 4.35. The number of primary amides is 1. The maximum Gasteiger partial charge on any atom is 0.291 e. The number of para-hydroxylation sites is 1. The molecule has 8 nitrogen and oxygen atoms in total. The van der Waals surface area contributed by atoms with Crippen LogP contribution in [0.25, 0.3) is 22.4 Å². The van der Waals surface area contributed by atoms with Crippen LogP contribution < -0.4 is 20.6 Å². The van der Waals surface area contributed by atoms with E-state index in [-0.39, 0.29) is 12.2 Å². The van der Waals surface area contributed by atoms with Crippen molar-refractivity contribution in [3.63, 3.8) is 0 Å². The summed E-state index contributed by atoms with van der Waals surface area (Å²) in [5.41, 5.74) is 6.30. The lowest BCUT2D eigenvalue weighted by Crippen LogP contribution is -2.24. The molecule has 9 heteroatoms. The van der Waals surface area contributed by atoms with E-state index in [0.717, 1.165) is 5.56 Å². The number of amides is 1. The number of thiazole rings is 1. The van der Waals surface area contributed by atoms with E-state index in [0.29, 0.717) is 26.6 Å². The fourth-order valence-electron chi connectivity index (χ4n) is 2.48. The molecule has 0 aliphatic carbocycles. The largest absolute Gasteiger partial charge is 0.483 e. The van der Waals surface area contributed by atoms with Gasteiger partial charge in [0.05, 0.1) is 4.53 Å². The van der Waals surface area contributed by atoms with Crippen LogP contribution in [0.1, 0.15) is 5.56 Å². The Balaban J connectivity index is 1.75. The Morgan fingerprint density at radius 1 is 1.22 bits per heavy atom. The first-order valence-corrected chi connectivity index (χ1v) is 8.75. The average molecular weight is 379 g/mol. The second-order valence-corrected chi connectivity index (χ2v) is 6.58. The molecule has 27 heavy (non-hydrogen) atoms. The zero-order chi connectivity index (χ0) is 18.8. The molecule has 3 heterocycles. The van der Waals surface area contributed by atoms with Crippen LogP contribution in [-0.4, -0.2) is 32.1 Å². The van der Waals surface area contributed by atoms with Crippen molar-refractivity contribution in [2.75, 3.05) is 6.61 Å². The lowest BCUT2D eigenvalue weighted by Gasteiger charge is -2.06. The minimum Gasteiger partial charge on any atom is -0.483 e. The Morgan fingerprint density at radius 2 is 2.00 bits per heavy atom. The predicted molar refractivity (Wildman–Crippen MR) is 100 cm³/mol. The standard InChI is InChI=1S/C18H13N5O3S/c19-15(24)10-26-13-4-2-1-3-12(13)9-14-17(25)23-18(27-14)21-16(22-23)11-5-7-20-8-6-11/h1-9H,10H2,(H2,19,24)/b14-9-. The fourth-order valence-corrected chi connectivity index (χ4v) is 3.38. The summed E-state index contributed by atoms with van der Waals surface area (Å²) in [7, 11) is 0. The molecule has 2 N–H and O–H groups in total. The number of rotatable bonds is 5. The SMILES string of the molecule is NC(=O)COc1ccccc1/C=c1\sc2nc(-c3ccncc3)nn2c1=O. The first kappa shape index (κ1) is 16.9. The fraction of sp³-hybridized carbons (Fsp3) is 0.0556. The van der Waals surface area contributed by atoms with Crippen LogP contribution in [0.5, 0.6) is 5.75 Å². The number of benzene rings is 1. The predicted octanol–water partition coefficient (Wildman–Crippen LogP) is 0.625. The summed E-state index contributed by atoms with van der Waals surface area (Å²) in [4.78, 5) is 32.5. The molecule has 4 rings (SSSR count). The molecule has 1 amide bonds. The highest BCUT2D eigenvalue weighted by atomic mass is 32.1. The van der Waals surface area contributed by atoms with Gasteiger partial charge < -0.3 is 10.5 Å². The molecule has 4 aromatic rings. The lowest BCUT2D eigenvalue weighted by molar-refractivity contribution is -0.119. The van der Waals surface area contributed by atoms with Crippen LogP contribution in [-0.2, 0) is 4.79 Å². The molecule has 0 bridgehead atoms. The molecule has 134 valence electrons. The van der Waals surface area contributed by atoms with Gasteiger partial charge in [-0.25, -0.2) is 0 Å². The van der Waals surface area contributed by atoms with Crippen LogP contribution in [0, 0.1) is 0 Å². The highest BCUT2D eigenvalue weighted by Gasteiger charge is 2.12. The third kappa shape index (κ3) is 3.40. The van der Waals surface area contributed by atoms with Crippen molar-refractivity contribution in [1.29, 1.82) is 0 Å². The van der Waals surface area contributed by atoms with E-state index in [9.17, 15) is 9.59 Å². The quantitative estimate of drug-likeness (QED) is 0.544. The van der Waals surface area contributed by atoms with Crippen molar-refractivity contribution in [3.05, 3.63) is 69.2 Å². The Hall–Kier alpha value is -3.59. The smallest absolute Gasteiger partial charge is 0.291 e. The zero-order valence-corrected chi connectivity index (χ0v) is 14.7. The first-order chi connectivity index (χ1) is 13.1. The third-order valence-electron chi connectivity index (χ3n) is 3.70. The normalized spacial score (nSPS) is 11.8. The second kappa shape index (κ2) is 6.96. The summed E-state index contributed by atoms with van der Waals surface area (Å²) in [6.45, 7) is -0.236. The summed E-state index contributed by atoms with van der Waals surface area (Å²) in [6, 6.07) is 10.6.